The Morgan fingerprint density at radius 1 is 1.00 bits per heavy atom. The molecule has 1 N–H and O–H groups in total. The first-order valence-corrected chi connectivity index (χ1v) is 10.8. The predicted molar refractivity (Wildman–Crippen MR) is 128 cm³/mol. The van der Waals surface area contributed by atoms with Gasteiger partial charge in [-0.05, 0) is 56.0 Å². The Bertz CT molecular complexity index is 1410. The number of carbonyl (C=O) groups is 2. The average Bonchev–Trinajstić information content (AvgIpc) is 2.79. The second kappa shape index (κ2) is 7.16. The van der Waals surface area contributed by atoms with Crippen LogP contribution in [0.5, 0.6) is 0 Å². The first-order valence-electron chi connectivity index (χ1n) is 10.8. The van der Waals surface area contributed by atoms with Crippen molar-refractivity contribution in [1.82, 2.24) is 10.3 Å². The van der Waals surface area contributed by atoms with E-state index in [1.807, 2.05) is 51.1 Å². The number of rotatable bonds is 3. The maximum Gasteiger partial charge on any atom is 0.251 e. The van der Waals surface area contributed by atoms with Crippen LogP contribution >= 0.6 is 0 Å². The summed E-state index contributed by atoms with van der Waals surface area (Å²) in [6.07, 6.45) is 0. The molecule has 2 amide bonds. The molecule has 0 aliphatic carbocycles. The fraction of sp³-hybridized carbons (Fsp3) is 0.222. The number of benzene rings is 3. The predicted octanol–water partition coefficient (Wildman–Crippen LogP) is 4.67. The van der Waals surface area contributed by atoms with Crippen molar-refractivity contribution in [2.75, 3.05) is 18.5 Å². The Morgan fingerprint density at radius 3 is 2.47 bits per heavy atom. The van der Waals surface area contributed by atoms with Gasteiger partial charge in [-0.3, -0.25) is 14.6 Å². The minimum absolute atomic E-state index is 0.0822. The Hall–Kier alpha value is -3.73. The number of hydrogen-bond donors (Lipinski definition) is 1. The summed E-state index contributed by atoms with van der Waals surface area (Å²) < 4.78 is 0. The molecule has 3 aromatic carbocycles. The summed E-state index contributed by atoms with van der Waals surface area (Å²) in [7, 11) is 1.79. The molecule has 0 bridgehead atoms. The van der Waals surface area contributed by atoms with Crippen LogP contribution in [0.1, 0.15) is 34.1 Å². The Labute approximate surface area is 187 Å². The van der Waals surface area contributed by atoms with Crippen molar-refractivity contribution in [3.8, 4) is 0 Å². The number of carbonyl (C=O) groups excluding carboxylic acids is 2. The molecule has 2 heterocycles. The lowest BCUT2D eigenvalue weighted by atomic mass is 9.78. The normalized spacial score (nSPS) is 17.8. The molecule has 0 radical (unpaired) electrons. The highest BCUT2D eigenvalue weighted by molar-refractivity contribution is 6.19. The largest absolute Gasteiger partial charge is 0.351 e. The van der Waals surface area contributed by atoms with Gasteiger partial charge in [0.25, 0.3) is 5.91 Å². The van der Waals surface area contributed by atoms with Gasteiger partial charge < -0.3 is 10.2 Å². The van der Waals surface area contributed by atoms with E-state index in [0.29, 0.717) is 11.3 Å². The third-order valence-electron chi connectivity index (χ3n) is 6.53. The van der Waals surface area contributed by atoms with Crippen molar-refractivity contribution in [2.24, 2.45) is 0 Å². The second-order valence-corrected chi connectivity index (χ2v) is 8.93. The lowest BCUT2D eigenvalue weighted by molar-refractivity contribution is -0.123. The Kier molecular flexibility index (Phi) is 4.52. The van der Waals surface area contributed by atoms with Crippen LogP contribution in [0.4, 0.5) is 5.69 Å². The zero-order valence-corrected chi connectivity index (χ0v) is 18.7. The number of likely N-dealkylation sites (N-methyl/N-ethyl adjacent to an activating group) is 1. The van der Waals surface area contributed by atoms with Crippen LogP contribution in [0, 0.1) is 13.8 Å². The molecule has 1 aromatic heterocycles. The van der Waals surface area contributed by atoms with Gasteiger partial charge in [0, 0.05) is 29.9 Å². The van der Waals surface area contributed by atoms with E-state index in [1.54, 1.807) is 24.1 Å². The summed E-state index contributed by atoms with van der Waals surface area (Å²) in [4.78, 5) is 33.1. The van der Waals surface area contributed by atoms with Crippen LogP contribution in [-0.4, -0.2) is 30.4 Å². The van der Waals surface area contributed by atoms with Gasteiger partial charge >= 0.3 is 0 Å². The molecule has 32 heavy (non-hydrogen) atoms. The van der Waals surface area contributed by atoms with E-state index in [-0.39, 0.29) is 18.4 Å². The van der Waals surface area contributed by atoms with Gasteiger partial charge in [0.15, 0.2) is 0 Å². The van der Waals surface area contributed by atoms with Crippen molar-refractivity contribution in [1.29, 1.82) is 0 Å². The number of fused-ring (bicyclic) bond motifs is 2. The first-order chi connectivity index (χ1) is 15.3. The summed E-state index contributed by atoms with van der Waals surface area (Å²) in [6, 6.07) is 19.6. The van der Waals surface area contributed by atoms with Crippen molar-refractivity contribution in [2.45, 2.75) is 26.2 Å². The van der Waals surface area contributed by atoms with Crippen molar-refractivity contribution < 1.29 is 9.59 Å². The Morgan fingerprint density at radius 2 is 1.72 bits per heavy atom. The smallest absolute Gasteiger partial charge is 0.251 e. The van der Waals surface area contributed by atoms with Gasteiger partial charge in [0.2, 0.25) is 5.91 Å². The zero-order valence-electron chi connectivity index (χ0n) is 18.7. The number of aromatic nitrogens is 1. The summed E-state index contributed by atoms with van der Waals surface area (Å²) >= 11 is 0. The van der Waals surface area contributed by atoms with Crippen LogP contribution in [0.2, 0.25) is 0 Å². The molecule has 1 aliphatic heterocycles. The van der Waals surface area contributed by atoms with E-state index in [4.69, 9.17) is 4.98 Å². The molecule has 0 spiro atoms. The summed E-state index contributed by atoms with van der Waals surface area (Å²) in [5.41, 5.74) is 4.21. The number of nitrogens with one attached hydrogen (secondary N) is 1. The van der Waals surface area contributed by atoms with Crippen LogP contribution in [-0.2, 0) is 10.2 Å². The third kappa shape index (κ3) is 2.96. The highest BCUT2D eigenvalue weighted by Gasteiger charge is 2.45. The van der Waals surface area contributed by atoms with Gasteiger partial charge in [-0.25, -0.2) is 0 Å². The zero-order chi connectivity index (χ0) is 22.6. The van der Waals surface area contributed by atoms with Crippen molar-refractivity contribution in [3.63, 3.8) is 0 Å². The molecule has 5 nitrogen and oxygen atoms in total. The molecule has 0 fully saturated rings. The fourth-order valence-electron chi connectivity index (χ4n) is 4.63. The Balaban J connectivity index is 1.65. The molecule has 1 aliphatic rings. The number of anilines is 1. The molecule has 1 atom stereocenters. The van der Waals surface area contributed by atoms with Crippen LogP contribution in [0.25, 0.3) is 21.7 Å². The molecule has 0 saturated heterocycles. The standard InChI is InChI=1S/C27H25N3O2/c1-16-8-11-18(12-9-16)25(31)28-15-27(3)24-23-20(6-5-7-22(23)30(4)26(27)32)19-13-10-17(2)14-21(19)29-24/h5-14H,15H2,1-4H3,(H,28,31). The number of nitrogens with zero attached hydrogens (tertiary/aromatic N) is 2. The number of hydrogen-bond acceptors (Lipinski definition) is 3. The lowest BCUT2D eigenvalue weighted by Gasteiger charge is -2.38. The van der Waals surface area contributed by atoms with Crippen LogP contribution in [0.3, 0.4) is 0 Å². The van der Waals surface area contributed by atoms with Crippen LogP contribution in [0.15, 0.2) is 60.7 Å². The van der Waals surface area contributed by atoms with Crippen LogP contribution < -0.4 is 10.2 Å². The van der Waals surface area contributed by atoms with Gasteiger partial charge in [0.1, 0.15) is 5.41 Å². The van der Waals surface area contributed by atoms with Gasteiger partial charge in [-0.1, -0.05) is 42.0 Å². The maximum absolute atomic E-state index is 13.6. The first kappa shape index (κ1) is 20.2. The topological polar surface area (TPSA) is 62.3 Å². The van der Waals surface area contributed by atoms with E-state index in [2.05, 4.69) is 23.5 Å². The minimum atomic E-state index is -0.986. The number of amides is 2. The molecule has 0 saturated carbocycles. The number of pyridine rings is 1. The maximum atomic E-state index is 13.6. The van der Waals surface area contributed by atoms with Crippen molar-refractivity contribution in [3.05, 3.63) is 83.0 Å². The van der Waals surface area contributed by atoms with E-state index < -0.39 is 5.41 Å². The monoisotopic (exact) mass is 423 g/mol. The number of aryl methyl sites for hydroxylation is 2. The summed E-state index contributed by atoms with van der Waals surface area (Å²) in [6.45, 7) is 6.06. The SMILES string of the molecule is Cc1ccc(C(=O)NCC2(C)C(=O)N(C)c3cccc4c3c2nc2cc(C)ccc24)cc1. The van der Waals surface area contributed by atoms with E-state index in [0.717, 1.165) is 38.5 Å². The van der Waals surface area contributed by atoms with Crippen molar-refractivity contribution >= 4 is 39.2 Å². The quantitative estimate of drug-likeness (QED) is 0.487. The molecular formula is C27H25N3O2. The second-order valence-electron chi connectivity index (χ2n) is 8.93. The average molecular weight is 424 g/mol. The summed E-state index contributed by atoms with van der Waals surface area (Å²) in [5, 5.41) is 6.08. The molecule has 5 heteroatoms. The molecule has 1 unspecified atom stereocenters. The third-order valence-corrected chi connectivity index (χ3v) is 6.53. The molecular weight excluding hydrogens is 398 g/mol. The van der Waals surface area contributed by atoms with E-state index >= 15 is 0 Å². The van der Waals surface area contributed by atoms with Gasteiger partial charge in [-0.15, -0.1) is 0 Å². The molecule has 5 rings (SSSR count). The molecule has 160 valence electrons. The van der Waals surface area contributed by atoms with E-state index in [9.17, 15) is 9.59 Å². The van der Waals surface area contributed by atoms with Gasteiger partial charge in [-0.2, -0.15) is 0 Å². The highest BCUT2D eigenvalue weighted by atomic mass is 16.2. The van der Waals surface area contributed by atoms with E-state index in [1.165, 1.54) is 0 Å². The highest BCUT2D eigenvalue weighted by Crippen LogP contribution is 2.43. The summed E-state index contributed by atoms with van der Waals surface area (Å²) in [5.74, 6) is -0.283. The van der Waals surface area contributed by atoms with Gasteiger partial charge in [0.05, 0.1) is 16.9 Å². The fourth-order valence-corrected chi connectivity index (χ4v) is 4.63. The molecule has 4 aromatic rings. The minimum Gasteiger partial charge on any atom is -0.351 e. The lowest BCUT2D eigenvalue weighted by Crippen LogP contribution is -2.53.